The van der Waals surface area contributed by atoms with Gasteiger partial charge in [-0.2, -0.15) is 0 Å². The number of aromatic nitrogens is 1. The van der Waals surface area contributed by atoms with Crippen molar-refractivity contribution in [2.45, 2.75) is 68.7 Å². The zero-order chi connectivity index (χ0) is 29.3. The maximum absolute atomic E-state index is 13.3. The van der Waals surface area contributed by atoms with Gasteiger partial charge < -0.3 is 23.9 Å². The number of nitrogens with zero attached hydrogens (tertiary/aromatic N) is 2. The van der Waals surface area contributed by atoms with E-state index in [2.05, 4.69) is 64.1 Å². The van der Waals surface area contributed by atoms with Gasteiger partial charge in [0.1, 0.15) is 0 Å². The number of carbonyl (C=O) groups excluding carboxylic acids is 1. The van der Waals surface area contributed by atoms with E-state index in [4.69, 9.17) is 14.2 Å². The summed E-state index contributed by atoms with van der Waals surface area (Å²) >= 11 is 0. The highest BCUT2D eigenvalue weighted by Gasteiger charge is 2.73. The number of rotatable bonds is 8. The molecule has 1 N–H and O–H groups in total. The average molecular weight is 579 g/mol. The Kier molecular flexibility index (Phi) is 6.14. The molecule has 1 saturated heterocycles. The molecule has 43 heavy (non-hydrogen) atoms. The molecule has 0 saturated carbocycles. The SMILES string of the molecule is CCOC(=O)CCn1c2c(c3ccccc31)C[C@@]1(O)[C@@H]3Cc4ccc(OC)c5c4[C@@]1(CCN3CCc1ccccc1)[C@H]2O5. The lowest BCUT2D eigenvalue weighted by Crippen LogP contribution is -2.74. The molecule has 0 unspecified atom stereocenters. The summed E-state index contributed by atoms with van der Waals surface area (Å²) in [7, 11) is 1.69. The van der Waals surface area contributed by atoms with Crippen molar-refractivity contribution in [1.82, 2.24) is 9.47 Å². The van der Waals surface area contributed by atoms with Gasteiger partial charge in [0.2, 0.25) is 0 Å². The third kappa shape index (κ3) is 3.64. The lowest BCUT2D eigenvalue weighted by Gasteiger charge is -2.63. The van der Waals surface area contributed by atoms with Gasteiger partial charge in [0.15, 0.2) is 17.6 Å². The summed E-state index contributed by atoms with van der Waals surface area (Å²) in [6, 6.07) is 23.2. The fourth-order valence-corrected chi connectivity index (χ4v) is 8.97. The topological polar surface area (TPSA) is 73.2 Å². The molecule has 4 aliphatic rings. The van der Waals surface area contributed by atoms with Crippen LogP contribution >= 0.6 is 0 Å². The summed E-state index contributed by atoms with van der Waals surface area (Å²) in [5.41, 5.74) is 5.34. The van der Waals surface area contributed by atoms with Gasteiger partial charge in [-0.1, -0.05) is 54.6 Å². The van der Waals surface area contributed by atoms with Crippen LogP contribution in [0.5, 0.6) is 11.5 Å². The third-order valence-corrected chi connectivity index (χ3v) is 10.7. The van der Waals surface area contributed by atoms with Crippen LogP contribution in [0.4, 0.5) is 0 Å². The molecular weight excluding hydrogens is 540 g/mol. The molecule has 1 aromatic heterocycles. The van der Waals surface area contributed by atoms with Crippen molar-refractivity contribution < 1.29 is 24.1 Å². The molecule has 2 aliphatic heterocycles. The summed E-state index contributed by atoms with van der Waals surface area (Å²) in [6.45, 7) is 4.48. The fourth-order valence-electron chi connectivity index (χ4n) is 8.97. The van der Waals surface area contributed by atoms with E-state index in [1.807, 2.05) is 19.1 Å². The van der Waals surface area contributed by atoms with Crippen molar-refractivity contribution >= 4 is 16.9 Å². The molecule has 2 bridgehead atoms. The van der Waals surface area contributed by atoms with Gasteiger partial charge in [-0.3, -0.25) is 9.69 Å². The molecule has 0 radical (unpaired) electrons. The molecule has 8 rings (SSSR count). The Balaban J connectivity index is 1.29. The van der Waals surface area contributed by atoms with Crippen LogP contribution in [0.25, 0.3) is 10.9 Å². The largest absolute Gasteiger partial charge is 0.493 e. The zero-order valence-corrected chi connectivity index (χ0v) is 24.8. The van der Waals surface area contributed by atoms with Crippen molar-refractivity contribution in [2.75, 3.05) is 26.8 Å². The first-order valence-corrected chi connectivity index (χ1v) is 15.6. The van der Waals surface area contributed by atoms with E-state index in [-0.39, 0.29) is 24.5 Å². The minimum absolute atomic E-state index is 0.0438. The molecule has 7 nitrogen and oxygen atoms in total. The van der Waals surface area contributed by atoms with E-state index in [1.54, 1.807) is 7.11 Å². The van der Waals surface area contributed by atoms with Crippen molar-refractivity contribution in [1.29, 1.82) is 0 Å². The van der Waals surface area contributed by atoms with E-state index in [1.165, 1.54) is 11.1 Å². The minimum Gasteiger partial charge on any atom is -0.493 e. The van der Waals surface area contributed by atoms with Gasteiger partial charge >= 0.3 is 5.97 Å². The molecule has 1 spiro atoms. The minimum atomic E-state index is -1.03. The summed E-state index contributed by atoms with van der Waals surface area (Å²) in [5.74, 6) is 1.28. The predicted molar refractivity (Wildman–Crippen MR) is 164 cm³/mol. The third-order valence-electron chi connectivity index (χ3n) is 10.7. The van der Waals surface area contributed by atoms with Gasteiger partial charge in [-0.05, 0) is 61.6 Å². The number of benzene rings is 3. The lowest BCUT2D eigenvalue weighted by molar-refractivity contribution is -0.173. The second-order valence-electron chi connectivity index (χ2n) is 12.5. The molecule has 222 valence electrons. The monoisotopic (exact) mass is 578 g/mol. The fraction of sp³-hybridized carbons (Fsp3) is 0.417. The van der Waals surface area contributed by atoms with Crippen molar-refractivity contribution in [3.63, 3.8) is 0 Å². The first-order chi connectivity index (χ1) is 21.0. The molecule has 0 amide bonds. The molecule has 3 aromatic carbocycles. The van der Waals surface area contributed by atoms with E-state index in [0.29, 0.717) is 25.3 Å². The second-order valence-corrected chi connectivity index (χ2v) is 12.5. The number of aliphatic hydroxyl groups is 1. The quantitative estimate of drug-likeness (QED) is 0.292. The molecule has 3 heterocycles. The van der Waals surface area contributed by atoms with Crippen LogP contribution in [0, 0.1) is 0 Å². The number of likely N-dealkylation sites (tertiary alicyclic amines) is 1. The number of hydrogen-bond acceptors (Lipinski definition) is 6. The van der Waals surface area contributed by atoms with Crippen molar-refractivity contribution in [3.05, 3.63) is 94.7 Å². The van der Waals surface area contributed by atoms with Crippen LogP contribution in [0.2, 0.25) is 0 Å². The van der Waals surface area contributed by atoms with Gasteiger partial charge in [-0.25, -0.2) is 0 Å². The Morgan fingerprint density at radius 2 is 1.88 bits per heavy atom. The van der Waals surface area contributed by atoms with Crippen LogP contribution in [0.3, 0.4) is 0 Å². The predicted octanol–water partition coefficient (Wildman–Crippen LogP) is 5.13. The Bertz CT molecular complexity index is 1730. The smallest absolute Gasteiger partial charge is 0.307 e. The summed E-state index contributed by atoms with van der Waals surface area (Å²) < 4.78 is 20.5. The summed E-state index contributed by atoms with van der Waals surface area (Å²) in [6.07, 6.45) is 2.93. The van der Waals surface area contributed by atoms with Crippen LogP contribution in [0.1, 0.15) is 53.8 Å². The number of fused-ring (bicyclic) bond motifs is 4. The number of esters is 1. The van der Waals surface area contributed by atoms with Crippen molar-refractivity contribution in [2.24, 2.45) is 0 Å². The highest BCUT2D eigenvalue weighted by Crippen LogP contribution is 2.69. The van der Waals surface area contributed by atoms with Crippen LogP contribution in [0.15, 0.2) is 66.7 Å². The number of para-hydroxylation sites is 1. The Morgan fingerprint density at radius 1 is 1.07 bits per heavy atom. The Morgan fingerprint density at radius 3 is 2.70 bits per heavy atom. The first-order valence-electron chi connectivity index (χ1n) is 15.6. The van der Waals surface area contributed by atoms with Crippen LogP contribution in [-0.2, 0) is 40.8 Å². The maximum Gasteiger partial charge on any atom is 0.307 e. The highest BCUT2D eigenvalue weighted by atomic mass is 16.5. The van der Waals surface area contributed by atoms with Gasteiger partial charge in [-0.15, -0.1) is 0 Å². The van der Waals surface area contributed by atoms with E-state index in [9.17, 15) is 9.90 Å². The molecular formula is C36H38N2O5. The lowest BCUT2D eigenvalue weighted by atomic mass is 9.49. The number of carbonyl (C=O) groups is 1. The van der Waals surface area contributed by atoms with Crippen LogP contribution < -0.4 is 9.47 Å². The summed E-state index contributed by atoms with van der Waals surface area (Å²) in [4.78, 5) is 15.1. The van der Waals surface area contributed by atoms with E-state index >= 15 is 0 Å². The Labute approximate surface area is 252 Å². The number of ether oxygens (including phenoxy) is 3. The molecule has 7 heteroatoms. The van der Waals surface area contributed by atoms with Gasteiger partial charge in [0.05, 0.1) is 36.8 Å². The number of methoxy groups -OCH3 is 1. The molecule has 1 fully saturated rings. The normalized spacial score (nSPS) is 26.5. The van der Waals surface area contributed by atoms with Gasteiger partial charge in [0, 0.05) is 42.0 Å². The first kappa shape index (κ1) is 26.8. The maximum atomic E-state index is 13.3. The highest BCUT2D eigenvalue weighted by molar-refractivity contribution is 5.87. The number of hydrogen-bond donors (Lipinski definition) is 1. The summed E-state index contributed by atoms with van der Waals surface area (Å²) in [5, 5.41) is 14.4. The number of piperidine rings is 1. The standard InChI is InChI=1S/C36H38N2O5/c1-3-42-30(39)16-19-38-27-12-8-7-11-25(27)26-22-36(40)29-21-24-13-14-28(41-2)33-31(24)35(36,34(43-33)32(26)38)17-20-37(29)18-15-23-9-5-4-6-10-23/h4-14,29,34,40H,3,15-22H2,1-2H3/t29-,34-,35-,36+/m0/s1. The Hall–Kier alpha value is -3.81. The van der Waals surface area contributed by atoms with E-state index < -0.39 is 11.0 Å². The second kappa shape index (κ2) is 9.86. The van der Waals surface area contributed by atoms with Crippen molar-refractivity contribution in [3.8, 4) is 11.5 Å². The number of aryl methyl sites for hydroxylation is 1. The van der Waals surface area contributed by atoms with E-state index in [0.717, 1.165) is 65.8 Å². The molecule has 4 aromatic rings. The van der Waals surface area contributed by atoms with Crippen LogP contribution in [-0.4, -0.2) is 59.0 Å². The van der Waals surface area contributed by atoms with Gasteiger partial charge in [0.25, 0.3) is 0 Å². The zero-order valence-electron chi connectivity index (χ0n) is 24.8. The molecule has 4 atom stereocenters. The molecule has 2 aliphatic carbocycles. The average Bonchev–Trinajstić information content (AvgIpc) is 3.52.